The van der Waals surface area contributed by atoms with Crippen molar-refractivity contribution in [3.05, 3.63) is 112 Å². The van der Waals surface area contributed by atoms with Crippen LogP contribution in [0.25, 0.3) is 22.3 Å². The molecule has 222 valence electrons. The number of aryl methyl sites for hydroxylation is 1. The summed E-state index contributed by atoms with van der Waals surface area (Å²) in [6.45, 7) is 0.756. The van der Waals surface area contributed by atoms with Crippen LogP contribution in [0.2, 0.25) is 0 Å². The predicted octanol–water partition coefficient (Wildman–Crippen LogP) is 6.85. The van der Waals surface area contributed by atoms with E-state index < -0.39 is 36.1 Å². The molecule has 0 bridgehead atoms. The number of aromatic nitrogens is 3. The highest BCUT2D eigenvalue weighted by Crippen LogP contribution is 2.30. The van der Waals surface area contributed by atoms with Gasteiger partial charge in [0.15, 0.2) is 0 Å². The monoisotopic (exact) mass is 593 g/mol. The largest absolute Gasteiger partial charge is 0.478 e. The maximum absolute atomic E-state index is 15.5. The van der Waals surface area contributed by atoms with Crippen molar-refractivity contribution in [1.29, 1.82) is 0 Å². The second-order valence-electron chi connectivity index (χ2n) is 10.0. The normalized spacial score (nSPS) is 12.0. The zero-order chi connectivity index (χ0) is 30.7. The van der Waals surface area contributed by atoms with Crippen LogP contribution in [0, 0.1) is 24.4 Å². The zero-order valence-electron chi connectivity index (χ0n) is 23.3. The molecule has 0 saturated heterocycles. The maximum Gasteiger partial charge on any atom is 0.335 e. The molecular formula is C32H27F4N3O4. The van der Waals surface area contributed by atoms with Crippen molar-refractivity contribution in [2.75, 3.05) is 20.4 Å². The van der Waals surface area contributed by atoms with Crippen molar-refractivity contribution in [2.45, 2.75) is 26.0 Å². The molecule has 0 saturated carbocycles. The van der Waals surface area contributed by atoms with Crippen molar-refractivity contribution in [2.24, 2.45) is 0 Å². The minimum atomic E-state index is -1.17. The number of carbonyl (C=O) groups is 1. The van der Waals surface area contributed by atoms with Gasteiger partial charge in [0.2, 0.25) is 5.88 Å². The summed E-state index contributed by atoms with van der Waals surface area (Å²) in [5.74, 6) is -2.80. The Morgan fingerprint density at radius 2 is 1.74 bits per heavy atom. The van der Waals surface area contributed by atoms with Crippen molar-refractivity contribution < 1.29 is 36.9 Å². The van der Waals surface area contributed by atoms with Gasteiger partial charge in [-0.05, 0) is 60.5 Å². The summed E-state index contributed by atoms with van der Waals surface area (Å²) in [7, 11) is 1.40. The molecule has 2 aromatic heterocycles. The minimum absolute atomic E-state index is 0.0282. The first-order valence-electron chi connectivity index (χ1n) is 13.3. The SMILES string of the molecule is COCC(CF)n1c(Cc2cc(F)c(-c3cccc(OCc4ccc(C)cc4F)n3)cc2F)nc2ccc(C(=O)O)cc21. The Kier molecular flexibility index (Phi) is 8.72. The van der Waals surface area contributed by atoms with Crippen LogP contribution < -0.4 is 4.74 Å². The number of ether oxygens (including phenoxy) is 2. The molecule has 0 aliphatic rings. The molecular weight excluding hydrogens is 566 g/mol. The van der Waals surface area contributed by atoms with Crippen LogP contribution in [0.3, 0.4) is 0 Å². The van der Waals surface area contributed by atoms with Gasteiger partial charge in [0.1, 0.15) is 36.6 Å². The molecule has 1 atom stereocenters. The number of hydrogen-bond donors (Lipinski definition) is 1. The third kappa shape index (κ3) is 6.36. The summed E-state index contributed by atoms with van der Waals surface area (Å²) < 4.78 is 71.4. The maximum atomic E-state index is 15.5. The van der Waals surface area contributed by atoms with E-state index in [0.29, 0.717) is 16.6 Å². The molecule has 0 radical (unpaired) electrons. The van der Waals surface area contributed by atoms with E-state index in [4.69, 9.17) is 9.47 Å². The van der Waals surface area contributed by atoms with Crippen LogP contribution in [0.15, 0.2) is 66.7 Å². The molecule has 0 aliphatic heterocycles. The van der Waals surface area contributed by atoms with Crippen LogP contribution in [-0.2, 0) is 17.8 Å². The molecule has 0 amide bonds. The van der Waals surface area contributed by atoms with Gasteiger partial charge in [0, 0.05) is 30.7 Å². The number of alkyl halides is 1. The molecule has 2 heterocycles. The summed E-state index contributed by atoms with van der Waals surface area (Å²) in [4.78, 5) is 20.3. The second kappa shape index (κ2) is 12.6. The highest BCUT2D eigenvalue weighted by Gasteiger charge is 2.23. The average Bonchev–Trinajstić information content (AvgIpc) is 3.34. The van der Waals surface area contributed by atoms with E-state index in [1.165, 1.54) is 48.1 Å². The topological polar surface area (TPSA) is 86.5 Å². The number of aromatic carboxylic acids is 1. The van der Waals surface area contributed by atoms with E-state index in [1.807, 2.05) is 0 Å². The average molecular weight is 594 g/mol. The molecule has 7 nitrogen and oxygen atoms in total. The minimum Gasteiger partial charge on any atom is -0.478 e. The lowest BCUT2D eigenvalue weighted by atomic mass is 10.0. The molecule has 3 aromatic carbocycles. The summed E-state index contributed by atoms with van der Waals surface area (Å²) in [5.41, 5.74) is 1.71. The fraction of sp³-hybridized carbons (Fsp3) is 0.219. The Labute approximate surface area is 244 Å². The number of imidazole rings is 1. The first-order valence-corrected chi connectivity index (χ1v) is 13.3. The molecule has 1 N–H and O–H groups in total. The number of methoxy groups -OCH3 is 1. The quantitative estimate of drug-likeness (QED) is 0.169. The molecule has 0 spiro atoms. The fourth-order valence-electron chi connectivity index (χ4n) is 4.84. The Morgan fingerprint density at radius 1 is 0.953 bits per heavy atom. The Hall–Kier alpha value is -4.77. The van der Waals surface area contributed by atoms with Gasteiger partial charge in [-0.2, -0.15) is 0 Å². The number of pyridine rings is 1. The first-order chi connectivity index (χ1) is 20.7. The first kappa shape index (κ1) is 29.7. The molecule has 0 aliphatic carbocycles. The van der Waals surface area contributed by atoms with Crippen LogP contribution in [0.4, 0.5) is 17.6 Å². The van der Waals surface area contributed by atoms with Crippen molar-refractivity contribution in [1.82, 2.24) is 14.5 Å². The van der Waals surface area contributed by atoms with Crippen LogP contribution >= 0.6 is 0 Å². The van der Waals surface area contributed by atoms with Gasteiger partial charge >= 0.3 is 5.97 Å². The van der Waals surface area contributed by atoms with Gasteiger partial charge in [-0.15, -0.1) is 0 Å². The Bertz CT molecular complexity index is 1810. The number of fused-ring (bicyclic) bond motifs is 1. The van der Waals surface area contributed by atoms with Gasteiger partial charge in [0.25, 0.3) is 0 Å². The molecule has 1 unspecified atom stereocenters. The van der Waals surface area contributed by atoms with Crippen LogP contribution in [-0.4, -0.2) is 46.0 Å². The number of nitrogens with zero attached hydrogens (tertiary/aromatic N) is 3. The number of carboxylic acids is 1. The molecule has 43 heavy (non-hydrogen) atoms. The van der Waals surface area contributed by atoms with E-state index >= 15 is 8.78 Å². The number of carboxylic acid groups (broad SMARTS) is 1. The summed E-state index contributed by atoms with van der Waals surface area (Å²) in [6.07, 6.45) is -0.209. The third-order valence-electron chi connectivity index (χ3n) is 6.98. The van der Waals surface area contributed by atoms with Crippen molar-refractivity contribution in [3.8, 4) is 17.1 Å². The number of rotatable bonds is 11. The lowest BCUT2D eigenvalue weighted by molar-refractivity contribution is 0.0697. The number of benzene rings is 3. The molecule has 5 aromatic rings. The van der Waals surface area contributed by atoms with E-state index in [9.17, 15) is 18.7 Å². The molecule has 0 fully saturated rings. The standard InChI is InChI=1S/C32H27F4N3O4/c1-18-6-7-20(24(34)10-18)16-43-31-5-3-4-27(38-31)23-14-25(35)21(11-26(23)36)13-30-37-28-9-8-19(32(40)41)12-29(28)39(30)22(15-33)17-42-2/h3-12,14,22H,13,15-17H2,1-2H3,(H,40,41). The zero-order valence-corrected chi connectivity index (χ0v) is 23.3. The number of hydrogen-bond acceptors (Lipinski definition) is 5. The highest BCUT2D eigenvalue weighted by atomic mass is 19.1. The van der Waals surface area contributed by atoms with Gasteiger partial charge in [-0.1, -0.05) is 18.2 Å². The molecule has 5 rings (SSSR count). The summed E-state index contributed by atoms with van der Waals surface area (Å²) in [5, 5.41) is 9.43. The second-order valence-corrected chi connectivity index (χ2v) is 10.0. The fourth-order valence-corrected chi connectivity index (χ4v) is 4.84. The van der Waals surface area contributed by atoms with E-state index in [2.05, 4.69) is 9.97 Å². The predicted molar refractivity (Wildman–Crippen MR) is 151 cm³/mol. The van der Waals surface area contributed by atoms with Crippen molar-refractivity contribution in [3.63, 3.8) is 0 Å². The molecule has 11 heteroatoms. The van der Waals surface area contributed by atoms with Gasteiger partial charge < -0.3 is 19.1 Å². The number of halogens is 4. The van der Waals surface area contributed by atoms with E-state index in [1.54, 1.807) is 25.1 Å². The van der Waals surface area contributed by atoms with Crippen molar-refractivity contribution >= 4 is 17.0 Å². The van der Waals surface area contributed by atoms with E-state index in [-0.39, 0.29) is 53.7 Å². The Balaban J connectivity index is 1.45. The lowest BCUT2D eigenvalue weighted by Gasteiger charge is -2.19. The van der Waals surface area contributed by atoms with Gasteiger partial charge in [-0.3, -0.25) is 0 Å². The third-order valence-corrected chi connectivity index (χ3v) is 6.98. The van der Waals surface area contributed by atoms with E-state index in [0.717, 1.165) is 17.7 Å². The lowest BCUT2D eigenvalue weighted by Crippen LogP contribution is -2.19. The highest BCUT2D eigenvalue weighted by molar-refractivity contribution is 5.92. The Morgan fingerprint density at radius 3 is 2.47 bits per heavy atom. The summed E-state index contributed by atoms with van der Waals surface area (Å²) in [6, 6.07) is 14.7. The summed E-state index contributed by atoms with van der Waals surface area (Å²) >= 11 is 0. The van der Waals surface area contributed by atoms with Crippen LogP contribution in [0.5, 0.6) is 5.88 Å². The van der Waals surface area contributed by atoms with Crippen LogP contribution in [0.1, 0.15) is 38.9 Å². The van der Waals surface area contributed by atoms with Gasteiger partial charge in [0.05, 0.1) is 34.9 Å². The van der Waals surface area contributed by atoms with Gasteiger partial charge in [-0.25, -0.2) is 32.3 Å². The smallest absolute Gasteiger partial charge is 0.335 e.